The topological polar surface area (TPSA) is 79.4 Å². The number of nitrogens with zero attached hydrogens (tertiary/aromatic N) is 2. The maximum absolute atomic E-state index is 13.2. The number of hydrogen-bond acceptors (Lipinski definition) is 5. The van der Waals surface area contributed by atoms with Crippen molar-refractivity contribution in [3.8, 4) is 0 Å². The summed E-state index contributed by atoms with van der Waals surface area (Å²) in [6.07, 6.45) is 3.20. The number of nitrogens with one attached hydrogen (secondary N) is 1. The summed E-state index contributed by atoms with van der Waals surface area (Å²) in [7, 11) is -0.664. The van der Waals surface area contributed by atoms with Crippen molar-refractivity contribution in [2.45, 2.75) is 34.1 Å². The lowest BCUT2D eigenvalue weighted by atomic mass is 10.1. The molecule has 9 heteroatoms. The highest BCUT2D eigenvalue weighted by atomic mass is 32.2. The Morgan fingerprint density at radius 2 is 1.89 bits per heavy atom. The zero-order valence-corrected chi connectivity index (χ0v) is 16.6. The lowest BCUT2D eigenvalue weighted by Gasteiger charge is -2.17. The second-order valence-electron chi connectivity index (χ2n) is 6.45. The predicted octanol–water partition coefficient (Wildman–Crippen LogP) is 2.58. The molecule has 144 valence electrons. The molecule has 1 atom stereocenters. The van der Waals surface area contributed by atoms with Gasteiger partial charge in [-0.2, -0.15) is 0 Å². The molecule has 1 aromatic heterocycles. The molecule has 1 unspecified atom stereocenters. The van der Waals surface area contributed by atoms with Crippen molar-refractivity contribution in [3.05, 3.63) is 54.0 Å². The van der Waals surface area contributed by atoms with E-state index in [0.29, 0.717) is 10.6 Å². The summed E-state index contributed by atoms with van der Waals surface area (Å²) in [5, 5.41) is 2.86. The molecule has 1 heterocycles. The lowest BCUT2D eigenvalue weighted by Crippen LogP contribution is -2.29. The Morgan fingerprint density at radius 3 is 2.41 bits per heavy atom. The van der Waals surface area contributed by atoms with Gasteiger partial charge in [-0.15, -0.1) is 0 Å². The highest BCUT2D eigenvalue weighted by molar-refractivity contribution is 8.00. The fourth-order valence-electron chi connectivity index (χ4n) is 2.34. The first kappa shape index (κ1) is 19.8. The largest absolute Gasteiger partial charge is 0.352 e. The molecule has 0 aliphatic heterocycles. The van der Waals surface area contributed by atoms with Crippen LogP contribution in [0.3, 0.4) is 0 Å². The zero-order valence-electron chi connectivity index (χ0n) is 14.9. The van der Waals surface area contributed by atoms with Gasteiger partial charge in [0.2, 0.25) is 15.9 Å². The average molecular weight is 410 g/mol. The normalized spacial score (nSPS) is 15.6. The van der Waals surface area contributed by atoms with Gasteiger partial charge in [0.25, 0.3) is 0 Å². The smallest absolute Gasteiger partial charge is 0.244 e. The highest BCUT2D eigenvalue weighted by Crippen LogP contribution is 2.36. The number of hydrogen-bond donors (Lipinski definition) is 1. The zero-order chi connectivity index (χ0) is 19.6. The van der Waals surface area contributed by atoms with Gasteiger partial charge >= 0.3 is 0 Å². The third kappa shape index (κ3) is 4.85. The van der Waals surface area contributed by atoms with Gasteiger partial charge in [-0.05, 0) is 42.7 Å². The Balaban J connectivity index is 1.83. The molecule has 0 bridgehead atoms. The second kappa shape index (κ2) is 7.95. The first-order chi connectivity index (χ1) is 12.8. The molecule has 1 N–H and O–H groups in total. The monoisotopic (exact) mass is 409 g/mol. The van der Waals surface area contributed by atoms with E-state index in [1.54, 1.807) is 18.2 Å². The van der Waals surface area contributed by atoms with Crippen LogP contribution < -0.4 is 5.32 Å². The highest BCUT2D eigenvalue weighted by Gasteiger charge is 2.29. The van der Waals surface area contributed by atoms with Gasteiger partial charge in [-0.25, -0.2) is 22.1 Å². The van der Waals surface area contributed by atoms with Crippen molar-refractivity contribution in [1.29, 1.82) is 0 Å². The van der Waals surface area contributed by atoms with Crippen molar-refractivity contribution >= 4 is 27.7 Å². The molecule has 1 aliphatic rings. The molecule has 1 amide bonds. The third-order valence-corrected chi connectivity index (χ3v) is 7.06. The Bertz CT molecular complexity index is 912. The number of aromatic nitrogens is 1. The summed E-state index contributed by atoms with van der Waals surface area (Å²) in [5.41, 5.74) is 0.659. The van der Waals surface area contributed by atoms with E-state index in [4.69, 9.17) is 0 Å². The molecule has 1 aliphatic carbocycles. The van der Waals surface area contributed by atoms with Crippen LogP contribution in [0.15, 0.2) is 52.5 Å². The number of pyridine rings is 1. The van der Waals surface area contributed by atoms with Crippen LogP contribution in [-0.4, -0.2) is 43.8 Å². The summed E-state index contributed by atoms with van der Waals surface area (Å²) in [5.74, 6) is -0.539. The van der Waals surface area contributed by atoms with E-state index >= 15 is 0 Å². The van der Waals surface area contributed by atoms with Gasteiger partial charge in [-0.3, -0.25) is 4.79 Å². The number of thioether (sulfide) groups is 1. The van der Waals surface area contributed by atoms with Crippen LogP contribution >= 0.6 is 11.8 Å². The molecule has 0 saturated heterocycles. The fourth-order valence-corrected chi connectivity index (χ4v) is 4.15. The van der Waals surface area contributed by atoms with Crippen molar-refractivity contribution in [2.24, 2.45) is 0 Å². The summed E-state index contributed by atoms with van der Waals surface area (Å²) in [6, 6.07) is 9.00. The maximum Gasteiger partial charge on any atom is 0.244 e. The SMILES string of the molecule is CN(C)S(=O)(=O)c1ccc(SC(C(=O)NC2CC2)c2ccc(F)cc2)nc1. The average Bonchev–Trinajstić information content (AvgIpc) is 3.44. The van der Waals surface area contributed by atoms with Gasteiger partial charge in [0.05, 0.1) is 5.03 Å². The Labute approximate surface area is 162 Å². The molecule has 1 aromatic carbocycles. The molecule has 3 rings (SSSR count). The Kier molecular flexibility index (Phi) is 5.83. The van der Waals surface area contributed by atoms with Crippen LogP contribution in [0.2, 0.25) is 0 Å². The van der Waals surface area contributed by atoms with Crippen molar-refractivity contribution in [1.82, 2.24) is 14.6 Å². The Hall–Kier alpha value is -1.97. The molecule has 1 saturated carbocycles. The van der Waals surface area contributed by atoms with E-state index in [-0.39, 0.29) is 22.7 Å². The predicted molar refractivity (Wildman–Crippen MR) is 101 cm³/mol. The van der Waals surface area contributed by atoms with Crippen LogP contribution in [-0.2, 0) is 14.8 Å². The molecule has 1 fully saturated rings. The maximum atomic E-state index is 13.2. The minimum Gasteiger partial charge on any atom is -0.352 e. The van der Waals surface area contributed by atoms with Gasteiger partial charge in [0.15, 0.2) is 0 Å². The first-order valence-electron chi connectivity index (χ1n) is 8.38. The van der Waals surface area contributed by atoms with Gasteiger partial charge in [-0.1, -0.05) is 23.9 Å². The number of carbonyl (C=O) groups excluding carboxylic acids is 1. The van der Waals surface area contributed by atoms with E-state index in [1.165, 1.54) is 50.3 Å². The van der Waals surface area contributed by atoms with Crippen LogP contribution in [0.25, 0.3) is 0 Å². The number of amides is 1. The number of benzene rings is 1. The molecular weight excluding hydrogens is 389 g/mol. The summed E-state index contributed by atoms with van der Waals surface area (Å²) >= 11 is 1.20. The van der Waals surface area contributed by atoms with Gasteiger partial charge < -0.3 is 5.32 Å². The Morgan fingerprint density at radius 1 is 1.22 bits per heavy atom. The minimum atomic E-state index is -3.56. The van der Waals surface area contributed by atoms with Gasteiger partial charge in [0.1, 0.15) is 16.0 Å². The molecule has 2 aromatic rings. The summed E-state index contributed by atoms with van der Waals surface area (Å²) in [4.78, 5) is 16.9. The van der Waals surface area contributed by atoms with Gasteiger partial charge in [0, 0.05) is 26.3 Å². The lowest BCUT2D eigenvalue weighted by molar-refractivity contribution is -0.120. The number of sulfonamides is 1. The summed E-state index contributed by atoms with van der Waals surface area (Å²) < 4.78 is 38.6. The summed E-state index contributed by atoms with van der Waals surface area (Å²) in [6.45, 7) is 0. The van der Waals surface area contributed by atoms with Crippen molar-refractivity contribution < 1.29 is 17.6 Å². The molecule has 0 radical (unpaired) electrons. The fraction of sp³-hybridized carbons (Fsp3) is 0.333. The van der Waals surface area contributed by atoms with Crippen molar-refractivity contribution in [2.75, 3.05) is 14.1 Å². The van der Waals surface area contributed by atoms with E-state index in [9.17, 15) is 17.6 Å². The molecule has 27 heavy (non-hydrogen) atoms. The third-order valence-electron chi connectivity index (χ3n) is 4.06. The molecule has 6 nitrogen and oxygen atoms in total. The minimum absolute atomic E-state index is 0.0811. The van der Waals surface area contributed by atoms with E-state index in [0.717, 1.165) is 17.1 Å². The van der Waals surface area contributed by atoms with E-state index in [1.807, 2.05) is 0 Å². The first-order valence-corrected chi connectivity index (χ1v) is 10.7. The second-order valence-corrected chi connectivity index (χ2v) is 9.73. The van der Waals surface area contributed by atoms with Crippen molar-refractivity contribution in [3.63, 3.8) is 0 Å². The number of carbonyl (C=O) groups is 1. The number of halogens is 1. The standard InChI is InChI=1S/C18H20FN3O3S2/c1-22(2)27(24,25)15-9-10-16(20-11-15)26-17(18(23)21-14-7-8-14)12-3-5-13(19)6-4-12/h3-6,9-11,14,17H,7-8H2,1-2H3,(H,21,23). The van der Waals surface area contributed by atoms with Crippen LogP contribution in [0.4, 0.5) is 4.39 Å². The van der Waals surface area contributed by atoms with Crippen LogP contribution in [0.1, 0.15) is 23.7 Å². The van der Waals surface area contributed by atoms with E-state index in [2.05, 4.69) is 10.3 Å². The van der Waals surface area contributed by atoms with E-state index < -0.39 is 15.3 Å². The molecule has 0 spiro atoms. The molecular formula is C18H20FN3O3S2. The quantitative estimate of drug-likeness (QED) is 0.711. The van der Waals surface area contributed by atoms with Crippen LogP contribution in [0, 0.1) is 5.82 Å². The number of rotatable bonds is 7. The van der Waals surface area contributed by atoms with Crippen LogP contribution in [0.5, 0.6) is 0 Å².